The Morgan fingerprint density at radius 2 is 2.14 bits per heavy atom. The van der Waals surface area contributed by atoms with E-state index in [4.69, 9.17) is 17.3 Å². The normalized spacial score (nSPS) is 14.4. The molecule has 142 valence electrons. The van der Waals surface area contributed by atoms with Crippen LogP contribution in [-0.2, 0) is 0 Å². The van der Waals surface area contributed by atoms with Crippen LogP contribution in [0.4, 0.5) is 11.6 Å². The van der Waals surface area contributed by atoms with E-state index in [0.29, 0.717) is 27.6 Å². The lowest BCUT2D eigenvalue weighted by Gasteiger charge is -2.22. The Balaban J connectivity index is 1.83. The fraction of sp³-hybridized carbons (Fsp3) is 0.286. The minimum absolute atomic E-state index is 0.0509. The lowest BCUT2D eigenvalue weighted by Crippen LogP contribution is -2.26. The van der Waals surface area contributed by atoms with Crippen molar-refractivity contribution in [2.45, 2.75) is 38.8 Å². The summed E-state index contributed by atoms with van der Waals surface area (Å²) in [5, 5.41) is 5.23. The summed E-state index contributed by atoms with van der Waals surface area (Å²) in [6.45, 7) is 3.73. The van der Waals surface area contributed by atoms with Crippen molar-refractivity contribution >= 4 is 34.0 Å². The van der Waals surface area contributed by atoms with E-state index in [1.54, 1.807) is 13.0 Å². The van der Waals surface area contributed by atoms with Gasteiger partial charge in [-0.15, -0.1) is 5.92 Å². The van der Waals surface area contributed by atoms with Crippen molar-refractivity contribution in [3.63, 3.8) is 0 Å². The van der Waals surface area contributed by atoms with Gasteiger partial charge < -0.3 is 15.6 Å². The molecule has 4 rings (SSSR count). The molecule has 1 fully saturated rings. The molecule has 2 heterocycles. The van der Waals surface area contributed by atoms with E-state index < -0.39 is 0 Å². The van der Waals surface area contributed by atoms with Crippen molar-refractivity contribution in [2.75, 3.05) is 11.1 Å². The van der Waals surface area contributed by atoms with E-state index in [9.17, 15) is 4.79 Å². The molecule has 0 amide bonds. The molecule has 0 aliphatic heterocycles. The number of benzene rings is 1. The number of fused-ring (bicyclic) bond motifs is 1. The zero-order valence-electron chi connectivity index (χ0n) is 15.7. The van der Waals surface area contributed by atoms with Gasteiger partial charge in [-0.2, -0.15) is 0 Å². The molecule has 28 heavy (non-hydrogen) atoms. The molecule has 7 heteroatoms. The van der Waals surface area contributed by atoms with Gasteiger partial charge in [0.05, 0.1) is 16.5 Å². The predicted octanol–water partition coefficient (Wildman–Crippen LogP) is 3.91. The van der Waals surface area contributed by atoms with Crippen LogP contribution in [-0.4, -0.2) is 14.5 Å². The highest BCUT2D eigenvalue weighted by Crippen LogP contribution is 2.37. The van der Waals surface area contributed by atoms with Crippen molar-refractivity contribution in [1.29, 1.82) is 0 Å². The average molecular weight is 394 g/mol. The Kier molecular flexibility index (Phi) is 4.70. The molecule has 1 aliphatic rings. The molecule has 1 aromatic carbocycles. The van der Waals surface area contributed by atoms with Crippen molar-refractivity contribution in [3.8, 4) is 11.8 Å². The fourth-order valence-electron chi connectivity index (χ4n) is 3.43. The number of nitrogen functional groups attached to an aromatic ring is 1. The third-order valence-corrected chi connectivity index (χ3v) is 5.21. The van der Waals surface area contributed by atoms with Crippen LogP contribution in [0.1, 0.15) is 50.0 Å². The molecule has 6 nitrogen and oxygen atoms in total. The number of hydrogen-bond acceptors (Lipinski definition) is 5. The van der Waals surface area contributed by atoms with Gasteiger partial charge in [-0.05, 0) is 44.2 Å². The van der Waals surface area contributed by atoms with Gasteiger partial charge in [-0.3, -0.25) is 4.79 Å². The summed E-state index contributed by atoms with van der Waals surface area (Å²) in [5.41, 5.74) is 7.35. The minimum Gasteiger partial charge on any atom is -0.382 e. The lowest BCUT2D eigenvalue weighted by molar-refractivity contribution is 0.636. The Bertz CT molecular complexity index is 1190. The number of anilines is 2. The number of halogens is 1. The molecule has 0 spiro atoms. The maximum atomic E-state index is 13.2. The van der Waals surface area contributed by atoms with Crippen LogP contribution in [0.25, 0.3) is 10.8 Å². The standard InChI is InChI=1S/C21H20ClN5O/c1-3-5-15-19(23)24-11-25-20(15)26-12(2)17-10-13-6-4-7-16(22)18(13)21(28)27(17)14-8-9-14/h4,6-7,10-12,14H,8-9H2,1-2H3,(H3,23,24,25,26). The molecular weight excluding hydrogens is 374 g/mol. The molecule has 1 saturated carbocycles. The molecule has 0 radical (unpaired) electrons. The molecule has 3 N–H and O–H groups in total. The molecule has 1 aliphatic carbocycles. The van der Waals surface area contributed by atoms with Crippen LogP contribution in [0.2, 0.25) is 5.02 Å². The molecule has 2 aromatic heterocycles. The maximum Gasteiger partial charge on any atom is 0.260 e. The van der Waals surface area contributed by atoms with Crippen LogP contribution in [0.3, 0.4) is 0 Å². The smallest absolute Gasteiger partial charge is 0.260 e. The van der Waals surface area contributed by atoms with Gasteiger partial charge >= 0.3 is 0 Å². The monoisotopic (exact) mass is 393 g/mol. The minimum atomic E-state index is -0.191. The highest BCUT2D eigenvalue weighted by molar-refractivity contribution is 6.35. The number of nitrogens with zero attached hydrogens (tertiary/aromatic N) is 3. The number of nitrogens with one attached hydrogen (secondary N) is 1. The fourth-order valence-corrected chi connectivity index (χ4v) is 3.69. The van der Waals surface area contributed by atoms with Crippen LogP contribution in [0.5, 0.6) is 0 Å². The summed E-state index contributed by atoms with van der Waals surface area (Å²) < 4.78 is 1.86. The Morgan fingerprint density at radius 1 is 1.36 bits per heavy atom. The van der Waals surface area contributed by atoms with E-state index in [1.807, 2.05) is 29.7 Å². The molecule has 0 bridgehead atoms. The van der Waals surface area contributed by atoms with Gasteiger partial charge in [0.1, 0.15) is 23.5 Å². The molecule has 1 unspecified atom stereocenters. The first-order valence-corrected chi connectivity index (χ1v) is 9.52. The Morgan fingerprint density at radius 3 is 2.86 bits per heavy atom. The SMILES string of the molecule is CC#Cc1c(N)ncnc1NC(C)c1cc2cccc(Cl)c2c(=O)n1C1CC1. The first-order valence-electron chi connectivity index (χ1n) is 9.14. The summed E-state index contributed by atoms with van der Waals surface area (Å²) >= 11 is 6.32. The third kappa shape index (κ3) is 3.19. The highest BCUT2D eigenvalue weighted by atomic mass is 35.5. The first kappa shape index (κ1) is 18.3. The van der Waals surface area contributed by atoms with Gasteiger partial charge in [0, 0.05) is 11.7 Å². The van der Waals surface area contributed by atoms with Gasteiger partial charge in [-0.1, -0.05) is 29.7 Å². The number of nitrogens with two attached hydrogens (primary N) is 1. The average Bonchev–Trinajstić information content (AvgIpc) is 3.49. The van der Waals surface area contributed by atoms with Gasteiger partial charge in [0.2, 0.25) is 0 Å². The number of rotatable bonds is 4. The lowest BCUT2D eigenvalue weighted by atomic mass is 10.1. The highest BCUT2D eigenvalue weighted by Gasteiger charge is 2.29. The Hall–Kier alpha value is -3.04. The van der Waals surface area contributed by atoms with E-state index in [1.165, 1.54) is 6.33 Å². The van der Waals surface area contributed by atoms with Crippen molar-refractivity contribution in [2.24, 2.45) is 0 Å². The van der Waals surface area contributed by atoms with Crippen molar-refractivity contribution < 1.29 is 0 Å². The summed E-state index contributed by atoms with van der Waals surface area (Å²) in [6.07, 6.45) is 3.38. The Labute approximate surface area is 167 Å². The molecule has 1 atom stereocenters. The molecular formula is C21H20ClN5O. The van der Waals surface area contributed by atoms with Crippen LogP contribution >= 0.6 is 11.6 Å². The topological polar surface area (TPSA) is 85.8 Å². The van der Waals surface area contributed by atoms with Gasteiger partial charge in [0.25, 0.3) is 5.56 Å². The quantitative estimate of drug-likeness (QED) is 0.656. The zero-order valence-corrected chi connectivity index (χ0v) is 16.4. The zero-order chi connectivity index (χ0) is 19.8. The number of hydrogen-bond donors (Lipinski definition) is 2. The second-order valence-electron chi connectivity index (χ2n) is 6.90. The van der Waals surface area contributed by atoms with E-state index in [0.717, 1.165) is 23.9 Å². The predicted molar refractivity (Wildman–Crippen MR) is 113 cm³/mol. The third-order valence-electron chi connectivity index (χ3n) is 4.90. The largest absolute Gasteiger partial charge is 0.382 e. The van der Waals surface area contributed by atoms with E-state index in [-0.39, 0.29) is 17.6 Å². The van der Waals surface area contributed by atoms with Crippen molar-refractivity contribution in [1.82, 2.24) is 14.5 Å². The van der Waals surface area contributed by atoms with Crippen LogP contribution in [0.15, 0.2) is 35.4 Å². The summed E-state index contributed by atoms with van der Waals surface area (Å²) in [7, 11) is 0. The van der Waals surface area contributed by atoms with Crippen molar-refractivity contribution in [3.05, 3.63) is 57.2 Å². The van der Waals surface area contributed by atoms with E-state index >= 15 is 0 Å². The van der Waals surface area contributed by atoms with Crippen LogP contribution in [0, 0.1) is 11.8 Å². The van der Waals surface area contributed by atoms with Crippen LogP contribution < -0.4 is 16.6 Å². The number of pyridine rings is 1. The van der Waals surface area contributed by atoms with Gasteiger partial charge in [-0.25, -0.2) is 9.97 Å². The number of aromatic nitrogens is 3. The van der Waals surface area contributed by atoms with Gasteiger partial charge in [0.15, 0.2) is 0 Å². The summed E-state index contributed by atoms with van der Waals surface area (Å²) in [5.74, 6) is 6.66. The first-order chi connectivity index (χ1) is 13.5. The molecule has 0 saturated heterocycles. The van der Waals surface area contributed by atoms with E-state index in [2.05, 4.69) is 27.1 Å². The molecule has 3 aromatic rings. The summed E-state index contributed by atoms with van der Waals surface area (Å²) in [6, 6.07) is 7.55. The second kappa shape index (κ2) is 7.17. The maximum absolute atomic E-state index is 13.2. The second-order valence-corrected chi connectivity index (χ2v) is 7.31. The summed E-state index contributed by atoms with van der Waals surface area (Å²) in [4.78, 5) is 21.5.